The van der Waals surface area contributed by atoms with Gasteiger partial charge in [-0.1, -0.05) is 43.3 Å². The van der Waals surface area contributed by atoms with E-state index in [0.717, 1.165) is 22.2 Å². The van der Waals surface area contributed by atoms with Crippen molar-refractivity contribution >= 4 is 10.8 Å². The predicted molar refractivity (Wildman–Crippen MR) is 83.8 cm³/mol. The second-order valence-electron chi connectivity index (χ2n) is 5.66. The quantitative estimate of drug-likeness (QED) is 0.804. The Morgan fingerprint density at radius 3 is 2.64 bits per heavy atom. The zero-order chi connectivity index (χ0) is 15.7. The van der Waals surface area contributed by atoms with Gasteiger partial charge >= 0.3 is 0 Å². The summed E-state index contributed by atoms with van der Waals surface area (Å²) in [5.41, 5.74) is 1.97. The zero-order valence-electron chi connectivity index (χ0n) is 12.5. The van der Waals surface area contributed by atoms with Gasteiger partial charge in [-0.15, -0.1) is 5.10 Å². The van der Waals surface area contributed by atoms with Crippen molar-refractivity contribution in [3.63, 3.8) is 0 Å². The van der Waals surface area contributed by atoms with E-state index >= 15 is 0 Å². The van der Waals surface area contributed by atoms with Gasteiger partial charge in [0.25, 0.3) is 0 Å². The number of benzene rings is 2. The van der Waals surface area contributed by atoms with Crippen LogP contribution in [0.1, 0.15) is 25.2 Å². The molecule has 1 N–H and O–H groups in total. The van der Waals surface area contributed by atoms with Crippen LogP contribution in [0.15, 0.2) is 36.4 Å². The smallest absolute Gasteiger partial charge is 0.186 e. The molecule has 5 nitrogen and oxygen atoms in total. The van der Waals surface area contributed by atoms with E-state index in [9.17, 15) is 10.4 Å². The Hall–Kier alpha value is -2.87. The van der Waals surface area contributed by atoms with E-state index in [1.807, 2.05) is 24.3 Å². The second-order valence-corrected chi connectivity index (χ2v) is 5.66. The molecule has 1 heterocycles. The van der Waals surface area contributed by atoms with Crippen LogP contribution >= 0.6 is 0 Å². The highest BCUT2D eigenvalue weighted by atomic mass is 16.3. The molecule has 0 unspecified atom stereocenters. The molecule has 22 heavy (non-hydrogen) atoms. The molecule has 0 aliphatic heterocycles. The first kappa shape index (κ1) is 14.1. The molecule has 0 saturated heterocycles. The number of phenolic OH excluding ortho intramolecular Hbond substituents is 1. The number of aromatic hydroxyl groups is 1. The Balaban J connectivity index is 2.27. The first-order valence-corrected chi connectivity index (χ1v) is 7.17. The van der Waals surface area contributed by atoms with Crippen molar-refractivity contribution in [2.24, 2.45) is 5.92 Å². The number of hydrogen-bond acceptors (Lipinski definition) is 4. The van der Waals surface area contributed by atoms with Gasteiger partial charge in [0.15, 0.2) is 5.69 Å². The van der Waals surface area contributed by atoms with Crippen LogP contribution in [0.3, 0.4) is 0 Å². The molecule has 3 aromatic rings. The van der Waals surface area contributed by atoms with Crippen LogP contribution in [0, 0.1) is 17.2 Å². The summed E-state index contributed by atoms with van der Waals surface area (Å²) in [7, 11) is 0. The fourth-order valence-electron chi connectivity index (χ4n) is 2.61. The SMILES string of the molecule is CC(C)Cc1c(C#N)nnn1-c1cccc2c(O)cccc12. The molecule has 0 bridgehead atoms. The van der Waals surface area contributed by atoms with Crippen LogP contribution in [-0.4, -0.2) is 20.1 Å². The molecule has 0 amide bonds. The van der Waals surface area contributed by atoms with Crippen molar-refractivity contribution in [1.82, 2.24) is 15.0 Å². The van der Waals surface area contributed by atoms with E-state index in [1.54, 1.807) is 16.8 Å². The van der Waals surface area contributed by atoms with Crippen molar-refractivity contribution in [1.29, 1.82) is 5.26 Å². The van der Waals surface area contributed by atoms with Crippen molar-refractivity contribution in [2.75, 3.05) is 0 Å². The molecule has 3 rings (SSSR count). The third kappa shape index (κ3) is 2.29. The molecule has 0 fully saturated rings. The van der Waals surface area contributed by atoms with E-state index < -0.39 is 0 Å². The minimum atomic E-state index is 0.227. The first-order valence-electron chi connectivity index (χ1n) is 7.17. The third-order valence-electron chi connectivity index (χ3n) is 3.57. The van der Waals surface area contributed by atoms with Crippen molar-refractivity contribution in [3.05, 3.63) is 47.8 Å². The molecule has 0 aliphatic carbocycles. The van der Waals surface area contributed by atoms with E-state index in [1.165, 1.54) is 0 Å². The summed E-state index contributed by atoms with van der Waals surface area (Å²) in [6, 6.07) is 13.1. The highest BCUT2D eigenvalue weighted by molar-refractivity contribution is 5.94. The molecule has 2 aromatic carbocycles. The van der Waals surface area contributed by atoms with Gasteiger partial charge in [-0.05, 0) is 24.5 Å². The Morgan fingerprint density at radius 1 is 1.18 bits per heavy atom. The summed E-state index contributed by atoms with van der Waals surface area (Å²) in [5.74, 6) is 0.609. The van der Waals surface area contributed by atoms with Gasteiger partial charge in [0.1, 0.15) is 11.8 Å². The summed E-state index contributed by atoms with van der Waals surface area (Å²) in [6.45, 7) is 4.18. The summed E-state index contributed by atoms with van der Waals surface area (Å²) in [5, 5.41) is 29.0. The van der Waals surface area contributed by atoms with Gasteiger partial charge in [0, 0.05) is 10.8 Å². The standard InChI is InChI=1S/C17H16N4O/c1-11(2)9-16-14(10-18)19-20-21(16)15-7-3-6-13-12(15)5-4-8-17(13)22/h3-8,11,22H,9H2,1-2H3. The average Bonchev–Trinajstić information content (AvgIpc) is 2.89. The molecular weight excluding hydrogens is 276 g/mol. The molecule has 0 saturated carbocycles. The number of nitriles is 1. The molecule has 110 valence electrons. The Kier molecular flexibility index (Phi) is 3.51. The van der Waals surface area contributed by atoms with Crippen molar-refractivity contribution in [3.8, 4) is 17.5 Å². The second kappa shape index (κ2) is 5.49. The molecule has 0 aliphatic rings. The van der Waals surface area contributed by atoms with E-state index in [2.05, 4.69) is 30.2 Å². The van der Waals surface area contributed by atoms with E-state index in [4.69, 9.17) is 0 Å². The summed E-state index contributed by atoms with van der Waals surface area (Å²) in [4.78, 5) is 0. The molecular formula is C17H16N4O. The molecule has 0 radical (unpaired) electrons. The van der Waals surface area contributed by atoms with Crippen molar-refractivity contribution in [2.45, 2.75) is 20.3 Å². The van der Waals surface area contributed by atoms with Gasteiger partial charge in [-0.3, -0.25) is 0 Å². The maximum Gasteiger partial charge on any atom is 0.186 e. The lowest BCUT2D eigenvalue weighted by Crippen LogP contribution is -2.07. The van der Waals surface area contributed by atoms with Crippen LogP contribution in [0.25, 0.3) is 16.5 Å². The highest BCUT2D eigenvalue weighted by Crippen LogP contribution is 2.29. The zero-order valence-corrected chi connectivity index (χ0v) is 12.5. The van der Waals surface area contributed by atoms with Gasteiger partial charge in [0.05, 0.1) is 11.4 Å². The number of fused-ring (bicyclic) bond motifs is 1. The topological polar surface area (TPSA) is 74.7 Å². The molecule has 0 atom stereocenters. The van der Waals surface area contributed by atoms with Crippen LogP contribution in [0.4, 0.5) is 0 Å². The summed E-state index contributed by atoms with van der Waals surface area (Å²) < 4.78 is 1.71. The lowest BCUT2D eigenvalue weighted by atomic mass is 10.0. The number of hydrogen-bond donors (Lipinski definition) is 1. The van der Waals surface area contributed by atoms with Gasteiger partial charge in [0.2, 0.25) is 0 Å². The minimum Gasteiger partial charge on any atom is -0.507 e. The van der Waals surface area contributed by atoms with E-state index in [-0.39, 0.29) is 5.75 Å². The van der Waals surface area contributed by atoms with Crippen LogP contribution in [0.5, 0.6) is 5.75 Å². The minimum absolute atomic E-state index is 0.227. The van der Waals surface area contributed by atoms with Crippen LogP contribution in [0.2, 0.25) is 0 Å². The van der Waals surface area contributed by atoms with Gasteiger partial charge < -0.3 is 5.11 Å². The number of phenols is 1. The Labute approximate surface area is 128 Å². The largest absolute Gasteiger partial charge is 0.507 e. The van der Waals surface area contributed by atoms with Gasteiger partial charge in [-0.2, -0.15) is 5.26 Å². The number of aromatic nitrogens is 3. The maximum atomic E-state index is 10.0. The molecule has 0 spiro atoms. The average molecular weight is 292 g/mol. The molecule has 5 heteroatoms. The lowest BCUT2D eigenvalue weighted by Gasteiger charge is -2.11. The Morgan fingerprint density at radius 2 is 1.91 bits per heavy atom. The number of rotatable bonds is 3. The Bertz CT molecular complexity index is 874. The highest BCUT2D eigenvalue weighted by Gasteiger charge is 2.17. The predicted octanol–water partition coefficient (Wildman–Crippen LogP) is 3.20. The first-order chi connectivity index (χ1) is 10.6. The van der Waals surface area contributed by atoms with Gasteiger partial charge in [-0.25, -0.2) is 4.68 Å². The summed E-state index contributed by atoms with van der Waals surface area (Å²) >= 11 is 0. The lowest BCUT2D eigenvalue weighted by molar-refractivity contribution is 0.481. The third-order valence-corrected chi connectivity index (χ3v) is 3.57. The normalized spacial score (nSPS) is 11.0. The van der Waals surface area contributed by atoms with Crippen LogP contribution < -0.4 is 0 Å². The maximum absolute atomic E-state index is 10.0. The number of nitrogens with zero attached hydrogens (tertiary/aromatic N) is 4. The monoisotopic (exact) mass is 292 g/mol. The van der Waals surface area contributed by atoms with Crippen LogP contribution in [-0.2, 0) is 6.42 Å². The fraction of sp³-hybridized carbons (Fsp3) is 0.235. The fourth-order valence-corrected chi connectivity index (χ4v) is 2.61. The molecule has 1 aromatic heterocycles. The summed E-state index contributed by atoms with van der Waals surface area (Å²) in [6.07, 6.45) is 0.713. The van der Waals surface area contributed by atoms with E-state index in [0.29, 0.717) is 18.0 Å². The van der Waals surface area contributed by atoms with Crippen molar-refractivity contribution < 1.29 is 5.11 Å².